The van der Waals surface area contributed by atoms with Crippen LogP contribution in [0.2, 0.25) is 0 Å². The van der Waals surface area contributed by atoms with E-state index in [1.165, 1.54) is 0 Å². The normalized spacial score (nSPS) is 21.4. The molecule has 0 saturated carbocycles. The molecule has 1 aliphatic rings. The summed E-state index contributed by atoms with van der Waals surface area (Å²) in [6, 6.07) is 0.390. The van der Waals surface area contributed by atoms with Gasteiger partial charge in [0.05, 0.1) is 5.60 Å². The van der Waals surface area contributed by atoms with Crippen molar-refractivity contribution in [3.8, 4) is 0 Å². The molecule has 0 aromatic carbocycles. The van der Waals surface area contributed by atoms with Crippen LogP contribution < -0.4 is 5.32 Å². The highest BCUT2D eigenvalue weighted by atomic mass is 16.5. The molecule has 1 fully saturated rings. The van der Waals surface area contributed by atoms with E-state index in [-0.39, 0.29) is 5.60 Å². The van der Waals surface area contributed by atoms with Gasteiger partial charge in [-0.25, -0.2) is 0 Å². The summed E-state index contributed by atoms with van der Waals surface area (Å²) >= 11 is 0. The molecular formula is C13H27NO3. The minimum Gasteiger partial charge on any atom is -0.385 e. The third kappa shape index (κ3) is 4.21. The minimum absolute atomic E-state index is 0.0461. The molecular weight excluding hydrogens is 218 g/mol. The monoisotopic (exact) mass is 245 g/mol. The maximum atomic E-state index is 6.07. The first-order valence-corrected chi connectivity index (χ1v) is 6.67. The minimum atomic E-state index is -0.0461. The molecule has 0 spiro atoms. The van der Waals surface area contributed by atoms with Gasteiger partial charge in [-0.05, 0) is 26.8 Å². The van der Waals surface area contributed by atoms with Crippen LogP contribution in [0.4, 0.5) is 0 Å². The number of ether oxygens (including phenoxy) is 3. The molecule has 4 nitrogen and oxygen atoms in total. The molecule has 1 N–H and O–H groups in total. The Labute approximate surface area is 105 Å². The Hall–Kier alpha value is -0.160. The summed E-state index contributed by atoms with van der Waals surface area (Å²) in [7, 11) is 3.77. The first-order chi connectivity index (χ1) is 8.29. The fraction of sp³-hybridized carbons (Fsp3) is 1.00. The topological polar surface area (TPSA) is 39.7 Å². The van der Waals surface area contributed by atoms with Gasteiger partial charge in [0.1, 0.15) is 0 Å². The lowest BCUT2D eigenvalue weighted by Gasteiger charge is -2.43. The highest BCUT2D eigenvalue weighted by molar-refractivity contribution is 4.94. The predicted molar refractivity (Wildman–Crippen MR) is 68.4 cm³/mol. The highest BCUT2D eigenvalue weighted by Gasteiger charge is 2.39. The lowest BCUT2D eigenvalue weighted by molar-refractivity contribution is -0.127. The lowest BCUT2D eigenvalue weighted by atomic mass is 9.83. The number of likely N-dealkylation sites (N-methyl/N-ethyl adjacent to an activating group) is 1. The van der Waals surface area contributed by atoms with Crippen molar-refractivity contribution >= 4 is 0 Å². The van der Waals surface area contributed by atoms with Crippen LogP contribution in [0, 0.1) is 0 Å². The van der Waals surface area contributed by atoms with E-state index in [0.29, 0.717) is 6.04 Å². The van der Waals surface area contributed by atoms with Gasteiger partial charge in [-0.1, -0.05) is 0 Å². The zero-order chi connectivity index (χ0) is 12.6. The Morgan fingerprint density at radius 1 is 1.35 bits per heavy atom. The molecule has 102 valence electrons. The van der Waals surface area contributed by atoms with Crippen molar-refractivity contribution < 1.29 is 14.2 Å². The molecule has 1 saturated heterocycles. The van der Waals surface area contributed by atoms with Crippen molar-refractivity contribution in [2.75, 3.05) is 40.6 Å². The second-order valence-corrected chi connectivity index (χ2v) is 4.59. The van der Waals surface area contributed by atoms with Gasteiger partial charge in [-0.2, -0.15) is 0 Å². The van der Waals surface area contributed by atoms with Crippen LogP contribution in [0.1, 0.15) is 32.6 Å². The zero-order valence-electron chi connectivity index (χ0n) is 11.5. The van der Waals surface area contributed by atoms with Crippen molar-refractivity contribution in [2.45, 2.75) is 44.2 Å². The Morgan fingerprint density at radius 2 is 2.06 bits per heavy atom. The smallest absolute Gasteiger partial charge is 0.0878 e. The highest BCUT2D eigenvalue weighted by Crippen LogP contribution is 2.31. The van der Waals surface area contributed by atoms with Gasteiger partial charge in [-0.3, -0.25) is 0 Å². The van der Waals surface area contributed by atoms with Crippen LogP contribution in [0.5, 0.6) is 0 Å². The number of methoxy groups -OCH3 is 1. The van der Waals surface area contributed by atoms with Gasteiger partial charge < -0.3 is 19.5 Å². The van der Waals surface area contributed by atoms with Gasteiger partial charge in [0.25, 0.3) is 0 Å². The fourth-order valence-corrected chi connectivity index (χ4v) is 2.70. The van der Waals surface area contributed by atoms with Gasteiger partial charge in [0.2, 0.25) is 0 Å². The molecule has 1 aliphatic heterocycles. The third-order valence-electron chi connectivity index (χ3n) is 3.60. The van der Waals surface area contributed by atoms with Crippen LogP contribution >= 0.6 is 0 Å². The molecule has 0 aliphatic carbocycles. The number of nitrogens with one attached hydrogen (secondary N) is 1. The molecule has 0 bridgehead atoms. The average Bonchev–Trinajstić information content (AvgIpc) is 2.36. The van der Waals surface area contributed by atoms with Gasteiger partial charge in [0.15, 0.2) is 0 Å². The molecule has 0 amide bonds. The van der Waals surface area contributed by atoms with Crippen molar-refractivity contribution in [1.82, 2.24) is 5.32 Å². The summed E-state index contributed by atoms with van der Waals surface area (Å²) in [6.45, 7) is 5.27. The van der Waals surface area contributed by atoms with E-state index in [1.54, 1.807) is 7.11 Å². The van der Waals surface area contributed by atoms with Crippen LogP contribution in [-0.2, 0) is 14.2 Å². The summed E-state index contributed by atoms with van der Waals surface area (Å²) in [5, 5.41) is 3.42. The standard InChI is InChI=1S/C13H27NO3/c1-4-17-13(7-10-16-11-8-13)12(14-2)6-5-9-15-3/h12,14H,4-11H2,1-3H3. The molecule has 0 aromatic heterocycles. The number of rotatable bonds is 8. The quantitative estimate of drug-likeness (QED) is 0.659. The summed E-state index contributed by atoms with van der Waals surface area (Å²) < 4.78 is 16.7. The van der Waals surface area contributed by atoms with Crippen LogP contribution in [0.3, 0.4) is 0 Å². The molecule has 1 unspecified atom stereocenters. The number of hydrogen-bond acceptors (Lipinski definition) is 4. The molecule has 0 aromatic rings. The SMILES string of the molecule is CCOC1(C(CCCOC)NC)CCOCC1. The van der Waals surface area contributed by atoms with Gasteiger partial charge in [0, 0.05) is 52.4 Å². The summed E-state index contributed by atoms with van der Waals surface area (Å²) in [4.78, 5) is 0. The van der Waals surface area contributed by atoms with E-state index in [9.17, 15) is 0 Å². The third-order valence-corrected chi connectivity index (χ3v) is 3.60. The summed E-state index contributed by atoms with van der Waals surface area (Å²) in [6.07, 6.45) is 4.13. The molecule has 0 radical (unpaired) electrons. The molecule has 1 heterocycles. The Bertz CT molecular complexity index is 188. The summed E-state index contributed by atoms with van der Waals surface area (Å²) in [5.41, 5.74) is -0.0461. The summed E-state index contributed by atoms with van der Waals surface area (Å²) in [5.74, 6) is 0. The first kappa shape index (κ1) is 14.9. The van der Waals surface area contributed by atoms with Gasteiger partial charge in [-0.15, -0.1) is 0 Å². The Morgan fingerprint density at radius 3 is 2.59 bits per heavy atom. The van der Waals surface area contributed by atoms with E-state index in [0.717, 1.165) is 52.1 Å². The second kappa shape index (κ2) is 8.03. The average molecular weight is 245 g/mol. The van der Waals surface area contributed by atoms with Gasteiger partial charge >= 0.3 is 0 Å². The van der Waals surface area contributed by atoms with E-state index in [1.807, 2.05) is 7.05 Å². The fourth-order valence-electron chi connectivity index (χ4n) is 2.70. The van der Waals surface area contributed by atoms with Crippen molar-refractivity contribution in [2.24, 2.45) is 0 Å². The van der Waals surface area contributed by atoms with Crippen LogP contribution in [0.25, 0.3) is 0 Å². The predicted octanol–water partition coefficient (Wildman–Crippen LogP) is 1.59. The van der Waals surface area contributed by atoms with E-state index in [4.69, 9.17) is 14.2 Å². The van der Waals surface area contributed by atoms with E-state index >= 15 is 0 Å². The van der Waals surface area contributed by atoms with Crippen LogP contribution in [-0.4, -0.2) is 52.2 Å². The van der Waals surface area contributed by atoms with Crippen molar-refractivity contribution in [3.63, 3.8) is 0 Å². The maximum absolute atomic E-state index is 6.07. The molecule has 1 atom stereocenters. The molecule has 4 heteroatoms. The maximum Gasteiger partial charge on any atom is 0.0878 e. The second-order valence-electron chi connectivity index (χ2n) is 4.59. The lowest BCUT2D eigenvalue weighted by Crippen LogP contribution is -2.54. The van der Waals surface area contributed by atoms with E-state index in [2.05, 4.69) is 12.2 Å². The van der Waals surface area contributed by atoms with Crippen LogP contribution in [0.15, 0.2) is 0 Å². The Balaban J connectivity index is 2.57. The number of hydrogen-bond donors (Lipinski definition) is 1. The molecule has 1 rings (SSSR count). The first-order valence-electron chi connectivity index (χ1n) is 6.67. The zero-order valence-corrected chi connectivity index (χ0v) is 11.5. The largest absolute Gasteiger partial charge is 0.385 e. The van der Waals surface area contributed by atoms with Crippen molar-refractivity contribution in [3.05, 3.63) is 0 Å². The Kier molecular flexibility index (Phi) is 7.04. The molecule has 17 heavy (non-hydrogen) atoms. The van der Waals surface area contributed by atoms with E-state index < -0.39 is 0 Å². The van der Waals surface area contributed by atoms with Crippen molar-refractivity contribution in [1.29, 1.82) is 0 Å².